The Kier molecular flexibility index (Phi) is 5.24. The second-order valence-electron chi connectivity index (χ2n) is 2.18. The van der Waals surface area contributed by atoms with E-state index < -0.39 is 0 Å². The maximum Gasteiger partial charge on any atom is 0.0602 e. The summed E-state index contributed by atoms with van der Waals surface area (Å²) in [6.07, 6.45) is -0.260. The molecule has 0 aliphatic carbocycles. The molecule has 2 atom stereocenters. The summed E-state index contributed by atoms with van der Waals surface area (Å²) in [5.41, 5.74) is 0. The van der Waals surface area contributed by atoms with Gasteiger partial charge in [-0.15, -0.1) is 0 Å². The number of hydrogen-bond acceptors (Lipinski definition) is 3. The van der Waals surface area contributed by atoms with Gasteiger partial charge in [0.2, 0.25) is 0 Å². The zero-order valence-corrected chi connectivity index (χ0v) is 6.69. The highest BCUT2D eigenvalue weighted by atomic mass is 32.2. The topological polar surface area (TPSA) is 40.5 Å². The highest BCUT2D eigenvalue weighted by molar-refractivity contribution is 7.99. The van der Waals surface area contributed by atoms with E-state index in [2.05, 4.69) is 0 Å². The van der Waals surface area contributed by atoms with Crippen LogP contribution in [-0.4, -0.2) is 33.9 Å². The number of rotatable bonds is 4. The second kappa shape index (κ2) is 5.09. The van der Waals surface area contributed by atoms with Gasteiger partial charge in [0.1, 0.15) is 0 Å². The highest BCUT2D eigenvalue weighted by Gasteiger charge is 2.01. The molecule has 0 aromatic carbocycles. The molecule has 0 rings (SSSR count). The molecule has 0 fully saturated rings. The molecule has 3 heteroatoms. The lowest BCUT2D eigenvalue weighted by atomic mass is 10.5. The summed E-state index contributed by atoms with van der Waals surface area (Å²) < 4.78 is 0. The highest BCUT2D eigenvalue weighted by Crippen LogP contribution is 2.09. The number of hydrogen-bond donors (Lipinski definition) is 2. The molecule has 0 radical (unpaired) electrons. The molecule has 2 nitrogen and oxygen atoms in total. The van der Waals surface area contributed by atoms with Crippen molar-refractivity contribution in [3.05, 3.63) is 0 Å². The lowest BCUT2D eigenvalue weighted by Crippen LogP contribution is -2.09. The third-order valence-corrected chi connectivity index (χ3v) is 2.27. The Morgan fingerprint density at radius 2 is 2.00 bits per heavy atom. The zero-order chi connectivity index (χ0) is 7.28. The Bertz CT molecular complexity index is 66.1. The first-order chi connectivity index (χ1) is 4.16. The van der Waals surface area contributed by atoms with E-state index >= 15 is 0 Å². The van der Waals surface area contributed by atoms with Crippen LogP contribution in [0.1, 0.15) is 13.8 Å². The van der Waals surface area contributed by atoms with Crippen molar-refractivity contribution in [3.63, 3.8) is 0 Å². The van der Waals surface area contributed by atoms with Crippen LogP contribution < -0.4 is 0 Å². The molecule has 0 spiro atoms. The fraction of sp³-hybridized carbons (Fsp3) is 1.00. The normalized spacial score (nSPS) is 17.3. The van der Waals surface area contributed by atoms with E-state index in [1.54, 1.807) is 18.7 Å². The van der Waals surface area contributed by atoms with Crippen LogP contribution in [0.3, 0.4) is 0 Å². The van der Waals surface area contributed by atoms with Gasteiger partial charge in [0, 0.05) is 11.0 Å². The lowest BCUT2D eigenvalue weighted by molar-refractivity contribution is 0.220. The van der Waals surface area contributed by atoms with Crippen LogP contribution in [0, 0.1) is 0 Å². The van der Waals surface area contributed by atoms with Crippen LogP contribution in [0.2, 0.25) is 0 Å². The molecule has 0 amide bonds. The Balaban J connectivity index is 3.06. The maximum atomic E-state index is 8.79. The van der Waals surface area contributed by atoms with Crippen LogP contribution in [0.5, 0.6) is 0 Å². The van der Waals surface area contributed by atoms with Crippen molar-refractivity contribution in [2.45, 2.75) is 25.2 Å². The zero-order valence-electron chi connectivity index (χ0n) is 5.87. The molecule has 2 N–H and O–H groups in total. The third kappa shape index (κ3) is 6.15. The van der Waals surface area contributed by atoms with Crippen LogP contribution in [0.25, 0.3) is 0 Å². The molecule has 0 aromatic heterocycles. The Hall–Kier alpha value is 0.270. The first-order valence-corrected chi connectivity index (χ1v) is 4.12. The molecule has 0 heterocycles. The Morgan fingerprint density at radius 3 is 2.33 bits per heavy atom. The minimum atomic E-state index is -0.260. The summed E-state index contributed by atoms with van der Waals surface area (Å²) in [5, 5.41) is 17.6. The minimum Gasteiger partial charge on any atom is -0.395 e. The van der Waals surface area contributed by atoms with Crippen LogP contribution in [0.4, 0.5) is 0 Å². The summed E-state index contributed by atoms with van der Waals surface area (Å²) >= 11 is 1.58. The lowest BCUT2D eigenvalue weighted by Gasteiger charge is -2.07. The van der Waals surface area contributed by atoms with E-state index in [4.69, 9.17) is 10.2 Å². The standard InChI is InChI=1S/C6H14O2S/c1-5(8)4-9-6(2)3-7/h5-8H,3-4H2,1-2H3/t5-,6?/m0/s1. The van der Waals surface area contributed by atoms with Gasteiger partial charge in [-0.1, -0.05) is 6.92 Å². The van der Waals surface area contributed by atoms with Crippen molar-refractivity contribution in [1.82, 2.24) is 0 Å². The van der Waals surface area contributed by atoms with Crippen molar-refractivity contribution in [2.75, 3.05) is 12.4 Å². The maximum absolute atomic E-state index is 8.79. The number of aliphatic hydroxyl groups is 2. The average Bonchev–Trinajstić information content (AvgIpc) is 1.83. The fourth-order valence-corrected chi connectivity index (χ4v) is 1.07. The fourth-order valence-electron chi connectivity index (χ4n) is 0.356. The van der Waals surface area contributed by atoms with Gasteiger partial charge in [0.25, 0.3) is 0 Å². The molecule has 0 aliphatic heterocycles. The summed E-state index contributed by atoms with van der Waals surface area (Å²) in [5.74, 6) is 0.710. The minimum absolute atomic E-state index is 0.192. The Labute approximate surface area is 60.3 Å². The van der Waals surface area contributed by atoms with E-state index in [0.29, 0.717) is 5.75 Å². The van der Waals surface area contributed by atoms with Crippen molar-refractivity contribution in [1.29, 1.82) is 0 Å². The molecule has 56 valence electrons. The monoisotopic (exact) mass is 150 g/mol. The van der Waals surface area contributed by atoms with Gasteiger partial charge in [-0.3, -0.25) is 0 Å². The molecule has 0 bridgehead atoms. The molecular formula is C6H14O2S. The third-order valence-electron chi connectivity index (χ3n) is 0.879. The quantitative estimate of drug-likeness (QED) is 0.612. The summed E-state index contributed by atoms with van der Waals surface area (Å²) in [4.78, 5) is 0. The van der Waals surface area contributed by atoms with E-state index in [1.807, 2.05) is 6.92 Å². The van der Waals surface area contributed by atoms with Gasteiger partial charge in [0.15, 0.2) is 0 Å². The first-order valence-electron chi connectivity index (χ1n) is 3.07. The van der Waals surface area contributed by atoms with E-state index in [1.165, 1.54) is 0 Å². The van der Waals surface area contributed by atoms with Gasteiger partial charge in [-0.25, -0.2) is 0 Å². The Morgan fingerprint density at radius 1 is 1.44 bits per heavy atom. The number of thioether (sulfide) groups is 1. The summed E-state index contributed by atoms with van der Waals surface area (Å²) in [6.45, 7) is 3.88. The van der Waals surface area contributed by atoms with Crippen LogP contribution in [0.15, 0.2) is 0 Å². The second-order valence-corrected chi connectivity index (χ2v) is 3.65. The number of aliphatic hydroxyl groups excluding tert-OH is 2. The van der Waals surface area contributed by atoms with Crippen LogP contribution in [-0.2, 0) is 0 Å². The van der Waals surface area contributed by atoms with Crippen molar-refractivity contribution in [3.8, 4) is 0 Å². The average molecular weight is 150 g/mol. The van der Waals surface area contributed by atoms with E-state index in [-0.39, 0.29) is 18.0 Å². The van der Waals surface area contributed by atoms with Gasteiger partial charge < -0.3 is 10.2 Å². The molecular weight excluding hydrogens is 136 g/mol. The van der Waals surface area contributed by atoms with Gasteiger partial charge in [0.05, 0.1) is 12.7 Å². The SMILES string of the molecule is CC(CO)SC[C@H](C)O. The van der Waals surface area contributed by atoms with Gasteiger partial charge in [-0.2, -0.15) is 11.8 Å². The predicted molar refractivity (Wildman–Crippen MR) is 40.7 cm³/mol. The molecule has 0 saturated heterocycles. The molecule has 0 aromatic rings. The molecule has 0 saturated carbocycles. The largest absolute Gasteiger partial charge is 0.395 e. The molecule has 1 unspecified atom stereocenters. The summed E-state index contributed by atoms with van der Waals surface area (Å²) in [6, 6.07) is 0. The van der Waals surface area contributed by atoms with Gasteiger partial charge >= 0.3 is 0 Å². The van der Waals surface area contributed by atoms with Crippen molar-refractivity contribution >= 4 is 11.8 Å². The van der Waals surface area contributed by atoms with E-state index in [9.17, 15) is 0 Å². The molecule has 9 heavy (non-hydrogen) atoms. The van der Waals surface area contributed by atoms with Crippen molar-refractivity contribution < 1.29 is 10.2 Å². The smallest absolute Gasteiger partial charge is 0.0602 e. The molecule has 0 aliphatic rings. The summed E-state index contributed by atoms with van der Waals surface area (Å²) in [7, 11) is 0. The van der Waals surface area contributed by atoms with E-state index in [0.717, 1.165) is 0 Å². The van der Waals surface area contributed by atoms with Crippen LogP contribution >= 0.6 is 11.8 Å². The van der Waals surface area contributed by atoms with Gasteiger partial charge in [-0.05, 0) is 6.92 Å². The predicted octanol–water partition coefficient (Wildman–Crippen LogP) is 0.481. The first kappa shape index (κ1) is 9.27. The van der Waals surface area contributed by atoms with Crippen molar-refractivity contribution in [2.24, 2.45) is 0 Å².